The predicted octanol–water partition coefficient (Wildman–Crippen LogP) is 0.413. The zero-order chi connectivity index (χ0) is 17.6. The van der Waals surface area contributed by atoms with Crippen LogP contribution in [-0.4, -0.2) is 53.8 Å². The van der Waals surface area contributed by atoms with E-state index in [1.807, 2.05) is 20.8 Å². The number of halogens is 1. The first-order valence-electron chi connectivity index (χ1n) is 8.43. The van der Waals surface area contributed by atoms with Crippen molar-refractivity contribution in [3.63, 3.8) is 0 Å². The molecular weight excluding hydrogens is 332 g/mol. The first kappa shape index (κ1) is 22.7. The van der Waals surface area contributed by atoms with Crippen LogP contribution in [0.1, 0.15) is 47.0 Å². The Balaban J connectivity index is 0.00000529. The third-order valence-corrected chi connectivity index (χ3v) is 4.03. The molecule has 140 valence electrons. The van der Waals surface area contributed by atoms with E-state index in [-0.39, 0.29) is 36.0 Å². The Bertz CT molecular complexity index is 443. The molecule has 3 amide bonds. The minimum absolute atomic E-state index is 0. The molecule has 3 atom stereocenters. The van der Waals surface area contributed by atoms with E-state index >= 15 is 0 Å². The van der Waals surface area contributed by atoms with Gasteiger partial charge in [-0.1, -0.05) is 20.8 Å². The molecule has 7 nitrogen and oxygen atoms in total. The molecule has 0 aliphatic carbocycles. The molecule has 24 heavy (non-hydrogen) atoms. The molecule has 0 aromatic carbocycles. The van der Waals surface area contributed by atoms with Gasteiger partial charge in [-0.05, 0) is 32.1 Å². The maximum Gasteiger partial charge on any atom is 0.246 e. The van der Waals surface area contributed by atoms with Crippen molar-refractivity contribution >= 4 is 30.1 Å². The van der Waals surface area contributed by atoms with Gasteiger partial charge in [0.05, 0.1) is 6.04 Å². The minimum atomic E-state index is -0.675. The van der Waals surface area contributed by atoms with Gasteiger partial charge in [-0.25, -0.2) is 0 Å². The van der Waals surface area contributed by atoms with Crippen LogP contribution in [0, 0.1) is 5.92 Å². The van der Waals surface area contributed by atoms with Crippen LogP contribution in [0.4, 0.5) is 0 Å². The fraction of sp³-hybridized carbons (Fsp3) is 0.812. The van der Waals surface area contributed by atoms with Crippen LogP contribution >= 0.6 is 12.4 Å². The zero-order valence-electron chi connectivity index (χ0n) is 15.0. The van der Waals surface area contributed by atoms with Gasteiger partial charge in [-0.2, -0.15) is 0 Å². The number of nitrogens with zero attached hydrogens (tertiary/aromatic N) is 1. The van der Waals surface area contributed by atoms with E-state index < -0.39 is 18.1 Å². The first-order chi connectivity index (χ1) is 10.8. The fourth-order valence-electron chi connectivity index (χ4n) is 2.65. The summed E-state index contributed by atoms with van der Waals surface area (Å²) in [6.07, 6.45) is 2.31. The minimum Gasteiger partial charge on any atom is -0.354 e. The average Bonchev–Trinajstić information content (AvgIpc) is 2.98. The lowest BCUT2D eigenvalue weighted by Gasteiger charge is -2.30. The first-order valence-corrected chi connectivity index (χ1v) is 8.43. The number of hydrogen-bond acceptors (Lipinski definition) is 4. The Labute approximate surface area is 150 Å². The van der Waals surface area contributed by atoms with Gasteiger partial charge in [0.15, 0.2) is 0 Å². The Morgan fingerprint density at radius 3 is 2.38 bits per heavy atom. The van der Waals surface area contributed by atoms with E-state index in [9.17, 15) is 14.4 Å². The fourth-order valence-corrected chi connectivity index (χ4v) is 2.65. The van der Waals surface area contributed by atoms with Gasteiger partial charge < -0.3 is 21.3 Å². The number of carbonyl (C=O) groups is 3. The van der Waals surface area contributed by atoms with E-state index in [4.69, 9.17) is 5.73 Å². The summed E-state index contributed by atoms with van der Waals surface area (Å²) in [5, 5.41) is 5.55. The number of carbonyl (C=O) groups excluding carboxylic acids is 3. The SMILES string of the molecule is CCCNC(=O)[C@@H]1CCCN1C(=O)[C@@H](NC(=O)[C@H](C)N)C(C)C.Cl. The van der Waals surface area contributed by atoms with E-state index in [1.165, 1.54) is 0 Å². The summed E-state index contributed by atoms with van der Waals surface area (Å²) >= 11 is 0. The zero-order valence-corrected chi connectivity index (χ0v) is 15.8. The van der Waals surface area contributed by atoms with Crippen LogP contribution < -0.4 is 16.4 Å². The third-order valence-electron chi connectivity index (χ3n) is 4.03. The molecule has 8 heteroatoms. The highest BCUT2D eigenvalue weighted by Gasteiger charge is 2.38. The molecule has 0 radical (unpaired) electrons. The topological polar surface area (TPSA) is 105 Å². The Hall–Kier alpha value is -1.34. The number of nitrogens with one attached hydrogen (secondary N) is 2. The van der Waals surface area contributed by atoms with E-state index in [0.717, 1.165) is 12.8 Å². The summed E-state index contributed by atoms with van der Waals surface area (Å²) in [4.78, 5) is 38.5. The van der Waals surface area contributed by atoms with Crippen molar-refractivity contribution < 1.29 is 14.4 Å². The van der Waals surface area contributed by atoms with E-state index in [2.05, 4.69) is 10.6 Å². The summed E-state index contributed by atoms with van der Waals surface area (Å²) in [6, 6.07) is -1.78. The van der Waals surface area contributed by atoms with Crippen molar-refractivity contribution in [2.75, 3.05) is 13.1 Å². The molecule has 0 aromatic heterocycles. The van der Waals surface area contributed by atoms with Crippen LogP contribution in [0.5, 0.6) is 0 Å². The molecule has 0 aromatic rings. The van der Waals surface area contributed by atoms with Crippen molar-refractivity contribution in [2.24, 2.45) is 11.7 Å². The highest BCUT2D eigenvalue weighted by Crippen LogP contribution is 2.20. The largest absolute Gasteiger partial charge is 0.354 e. The third kappa shape index (κ3) is 5.94. The summed E-state index contributed by atoms with van der Waals surface area (Å²) in [7, 11) is 0. The Morgan fingerprint density at radius 1 is 1.25 bits per heavy atom. The van der Waals surface area contributed by atoms with Crippen molar-refractivity contribution in [1.82, 2.24) is 15.5 Å². The molecule has 0 unspecified atom stereocenters. The highest BCUT2D eigenvalue weighted by molar-refractivity contribution is 5.93. The van der Waals surface area contributed by atoms with Gasteiger partial charge in [0.1, 0.15) is 12.1 Å². The molecule has 0 spiro atoms. The van der Waals surface area contributed by atoms with Gasteiger partial charge in [0, 0.05) is 13.1 Å². The maximum atomic E-state index is 12.8. The van der Waals surface area contributed by atoms with Gasteiger partial charge in [0.25, 0.3) is 0 Å². The molecule has 0 saturated carbocycles. The molecule has 0 bridgehead atoms. The van der Waals surface area contributed by atoms with E-state index in [1.54, 1.807) is 11.8 Å². The van der Waals surface area contributed by atoms with Gasteiger partial charge in [-0.3, -0.25) is 14.4 Å². The van der Waals surface area contributed by atoms with Crippen LogP contribution in [-0.2, 0) is 14.4 Å². The smallest absolute Gasteiger partial charge is 0.246 e. The van der Waals surface area contributed by atoms with Crippen LogP contribution in [0.25, 0.3) is 0 Å². The quantitative estimate of drug-likeness (QED) is 0.610. The summed E-state index contributed by atoms with van der Waals surface area (Å²) in [5.41, 5.74) is 5.57. The monoisotopic (exact) mass is 362 g/mol. The Kier molecular flexibility index (Phi) is 9.92. The van der Waals surface area contributed by atoms with Crippen molar-refractivity contribution in [1.29, 1.82) is 0 Å². The number of likely N-dealkylation sites (tertiary alicyclic amines) is 1. The van der Waals surface area contributed by atoms with Crippen molar-refractivity contribution in [3.05, 3.63) is 0 Å². The highest BCUT2D eigenvalue weighted by atomic mass is 35.5. The van der Waals surface area contributed by atoms with E-state index in [0.29, 0.717) is 19.5 Å². The second-order valence-corrected chi connectivity index (χ2v) is 6.50. The van der Waals surface area contributed by atoms with Crippen LogP contribution in [0.3, 0.4) is 0 Å². The molecular formula is C16H31ClN4O3. The summed E-state index contributed by atoms with van der Waals surface area (Å²) in [6.45, 7) is 8.44. The molecule has 1 fully saturated rings. The average molecular weight is 363 g/mol. The lowest BCUT2D eigenvalue weighted by molar-refractivity contribution is -0.142. The predicted molar refractivity (Wildman–Crippen MR) is 95.7 cm³/mol. The molecule has 1 heterocycles. The molecule has 1 saturated heterocycles. The van der Waals surface area contributed by atoms with Gasteiger partial charge in [0.2, 0.25) is 17.7 Å². The van der Waals surface area contributed by atoms with Crippen molar-refractivity contribution in [2.45, 2.75) is 65.1 Å². The molecule has 1 aliphatic rings. The Morgan fingerprint density at radius 2 is 1.88 bits per heavy atom. The normalized spacial score (nSPS) is 19.4. The number of hydrogen-bond donors (Lipinski definition) is 3. The summed E-state index contributed by atoms with van der Waals surface area (Å²) in [5.74, 6) is -0.754. The van der Waals surface area contributed by atoms with Crippen LogP contribution in [0.15, 0.2) is 0 Å². The van der Waals surface area contributed by atoms with Gasteiger partial charge in [-0.15, -0.1) is 12.4 Å². The lowest BCUT2D eigenvalue weighted by atomic mass is 10.0. The standard InChI is InChI=1S/C16H30N4O3.ClH/c1-5-8-18-15(22)12-7-6-9-20(12)16(23)13(10(2)3)19-14(21)11(4)17;/h10-13H,5-9,17H2,1-4H3,(H,18,22)(H,19,21);1H/t11-,12-,13-;/m0./s1. The maximum absolute atomic E-state index is 12.8. The van der Waals surface area contributed by atoms with Gasteiger partial charge >= 0.3 is 0 Å². The number of amides is 3. The second-order valence-electron chi connectivity index (χ2n) is 6.50. The van der Waals surface area contributed by atoms with Crippen LogP contribution in [0.2, 0.25) is 0 Å². The second kappa shape index (κ2) is 10.5. The number of rotatable bonds is 7. The lowest BCUT2D eigenvalue weighted by Crippen LogP contribution is -2.57. The summed E-state index contributed by atoms with van der Waals surface area (Å²) < 4.78 is 0. The number of nitrogens with two attached hydrogens (primary N) is 1. The molecule has 1 aliphatic heterocycles. The molecule has 4 N–H and O–H groups in total. The molecule has 1 rings (SSSR count). The van der Waals surface area contributed by atoms with Crippen molar-refractivity contribution in [3.8, 4) is 0 Å².